The predicted molar refractivity (Wildman–Crippen MR) is 158 cm³/mol. The number of nitrogens with zero attached hydrogens (tertiary/aromatic N) is 2. The summed E-state index contributed by atoms with van der Waals surface area (Å²) in [6.07, 6.45) is -1.44. The molecule has 44 heavy (non-hydrogen) atoms. The van der Waals surface area contributed by atoms with Gasteiger partial charge in [-0.2, -0.15) is 4.98 Å². The van der Waals surface area contributed by atoms with Crippen molar-refractivity contribution >= 4 is 45.5 Å². The van der Waals surface area contributed by atoms with Crippen LogP contribution in [0.25, 0.3) is 0 Å². The fourth-order valence-corrected chi connectivity index (χ4v) is 4.68. The minimum absolute atomic E-state index is 0.0474. The first-order valence-electron chi connectivity index (χ1n) is 13.5. The number of aromatic hydroxyl groups is 1. The highest BCUT2D eigenvalue weighted by molar-refractivity contribution is 9.10. The lowest BCUT2D eigenvalue weighted by Crippen LogP contribution is -2.31. The second kappa shape index (κ2) is 15.2. The summed E-state index contributed by atoms with van der Waals surface area (Å²) in [7, 11) is 0. The third-order valence-electron chi connectivity index (χ3n) is 6.26. The predicted octanol–water partition coefficient (Wildman–Crippen LogP) is 3.54. The molecule has 2 heterocycles. The number of aromatic nitrogens is 2. The van der Waals surface area contributed by atoms with Gasteiger partial charge in [0.15, 0.2) is 5.82 Å². The van der Waals surface area contributed by atoms with Crippen LogP contribution in [0.2, 0.25) is 0 Å². The van der Waals surface area contributed by atoms with Crippen LogP contribution in [0, 0.1) is 0 Å². The van der Waals surface area contributed by atoms with Crippen molar-refractivity contribution in [1.29, 1.82) is 0 Å². The van der Waals surface area contributed by atoms with Crippen molar-refractivity contribution in [3.8, 4) is 11.5 Å². The number of phenolic OH excluding ortho intramolecular Hbond substituents is 1. The standard InChI is InChI=1S/C29H31BrN4O10/c1-17(35)41-16-24-23(43-18(2)36)13-25(44-24)34-14-20(30)27(33-28(34)38)32-26-21(37)9-6-10-22(26)40-12-11-31-29(39)42-15-19-7-4-3-5-8-19/h3-10,14,23-25,37H,11-13,15-16H2,1-2H3,(H,31,39)(H,32,33,38)/t23-,24-,25-/m1/s1. The molecular formula is C29H31BrN4O10. The minimum Gasteiger partial charge on any atom is -0.506 e. The molecule has 1 aromatic heterocycles. The number of para-hydroxylation sites is 1. The topological polar surface area (TPSA) is 177 Å². The molecular weight excluding hydrogens is 644 g/mol. The number of rotatable bonds is 12. The van der Waals surface area contributed by atoms with E-state index in [1.54, 1.807) is 12.1 Å². The summed E-state index contributed by atoms with van der Waals surface area (Å²) in [6, 6.07) is 13.8. The molecule has 0 unspecified atom stereocenters. The zero-order valence-electron chi connectivity index (χ0n) is 23.9. The molecule has 1 aliphatic rings. The van der Waals surface area contributed by atoms with Gasteiger partial charge in [-0.1, -0.05) is 36.4 Å². The maximum Gasteiger partial charge on any atom is 0.407 e. The van der Waals surface area contributed by atoms with Gasteiger partial charge in [-0.15, -0.1) is 0 Å². The summed E-state index contributed by atoms with van der Waals surface area (Å²) < 4.78 is 28.7. The Kier molecular flexibility index (Phi) is 11.2. The van der Waals surface area contributed by atoms with Crippen LogP contribution in [0.15, 0.2) is 64.0 Å². The Morgan fingerprint density at radius 1 is 1.09 bits per heavy atom. The van der Waals surface area contributed by atoms with Crippen LogP contribution >= 0.6 is 15.9 Å². The molecule has 2 aromatic carbocycles. The maximum atomic E-state index is 13.0. The Morgan fingerprint density at radius 3 is 2.59 bits per heavy atom. The Hall–Kier alpha value is -4.63. The number of hydrogen-bond donors (Lipinski definition) is 3. The molecule has 1 saturated heterocycles. The highest BCUT2D eigenvalue weighted by Gasteiger charge is 2.40. The van der Waals surface area contributed by atoms with Gasteiger partial charge in [-0.25, -0.2) is 9.59 Å². The van der Waals surface area contributed by atoms with E-state index in [9.17, 15) is 24.3 Å². The third kappa shape index (κ3) is 8.94. The van der Waals surface area contributed by atoms with E-state index in [-0.39, 0.29) is 55.8 Å². The van der Waals surface area contributed by atoms with Crippen molar-refractivity contribution in [3.05, 3.63) is 75.2 Å². The smallest absolute Gasteiger partial charge is 0.407 e. The van der Waals surface area contributed by atoms with Gasteiger partial charge in [0.05, 0.1) is 11.0 Å². The average Bonchev–Trinajstić information content (AvgIpc) is 3.38. The number of phenols is 1. The number of benzene rings is 2. The molecule has 14 nitrogen and oxygen atoms in total. The van der Waals surface area contributed by atoms with Crippen LogP contribution in [-0.4, -0.2) is 64.7 Å². The summed E-state index contributed by atoms with van der Waals surface area (Å²) in [4.78, 5) is 51.9. The molecule has 3 N–H and O–H groups in total. The van der Waals surface area contributed by atoms with Crippen LogP contribution in [0.4, 0.5) is 16.3 Å². The van der Waals surface area contributed by atoms with Gasteiger partial charge < -0.3 is 39.4 Å². The van der Waals surface area contributed by atoms with E-state index in [0.29, 0.717) is 4.47 Å². The van der Waals surface area contributed by atoms with Gasteiger partial charge in [0.2, 0.25) is 0 Å². The number of nitrogens with one attached hydrogen (secondary N) is 2. The molecule has 0 spiro atoms. The molecule has 234 valence electrons. The van der Waals surface area contributed by atoms with E-state index in [2.05, 4.69) is 31.5 Å². The summed E-state index contributed by atoms with van der Waals surface area (Å²) in [5.41, 5.74) is 0.289. The molecule has 0 aliphatic carbocycles. The quantitative estimate of drug-likeness (QED) is 0.110. The number of carbonyl (C=O) groups excluding carboxylic acids is 3. The van der Waals surface area contributed by atoms with E-state index in [1.165, 1.54) is 30.7 Å². The van der Waals surface area contributed by atoms with Gasteiger partial charge in [0.1, 0.15) is 55.4 Å². The molecule has 0 bridgehead atoms. The highest BCUT2D eigenvalue weighted by atomic mass is 79.9. The largest absolute Gasteiger partial charge is 0.506 e. The average molecular weight is 675 g/mol. The lowest BCUT2D eigenvalue weighted by atomic mass is 10.2. The normalized spacial score (nSPS) is 17.4. The lowest BCUT2D eigenvalue weighted by Gasteiger charge is -2.18. The first kappa shape index (κ1) is 32.3. The molecule has 0 saturated carbocycles. The second-order valence-electron chi connectivity index (χ2n) is 9.55. The van der Waals surface area contributed by atoms with Crippen LogP contribution in [0.3, 0.4) is 0 Å². The number of amides is 1. The Morgan fingerprint density at radius 2 is 1.86 bits per heavy atom. The first-order valence-corrected chi connectivity index (χ1v) is 14.3. The Balaban J connectivity index is 1.39. The lowest BCUT2D eigenvalue weighted by molar-refractivity contribution is -0.155. The Bertz CT molecular complexity index is 1530. The van der Waals surface area contributed by atoms with Crippen molar-refractivity contribution in [2.45, 2.75) is 45.3 Å². The van der Waals surface area contributed by atoms with Crippen LogP contribution in [-0.2, 0) is 35.1 Å². The van der Waals surface area contributed by atoms with E-state index in [0.717, 1.165) is 5.56 Å². The van der Waals surface area contributed by atoms with Gasteiger partial charge in [0, 0.05) is 26.5 Å². The van der Waals surface area contributed by atoms with Gasteiger partial charge in [-0.3, -0.25) is 14.2 Å². The molecule has 4 rings (SSSR count). The summed E-state index contributed by atoms with van der Waals surface area (Å²) >= 11 is 3.39. The molecule has 1 fully saturated rings. The molecule has 1 aliphatic heterocycles. The van der Waals surface area contributed by atoms with Gasteiger partial charge in [0.25, 0.3) is 0 Å². The molecule has 0 radical (unpaired) electrons. The van der Waals surface area contributed by atoms with Crippen molar-refractivity contribution in [2.75, 3.05) is 25.1 Å². The fraction of sp³-hybridized carbons (Fsp3) is 0.345. The number of ether oxygens (including phenoxy) is 5. The first-order chi connectivity index (χ1) is 21.1. The maximum absolute atomic E-state index is 13.0. The van der Waals surface area contributed by atoms with E-state index < -0.39 is 42.2 Å². The number of anilines is 2. The molecule has 3 aromatic rings. The van der Waals surface area contributed by atoms with Crippen LogP contribution in [0.5, 0.6) is 11.5 Å². The number of hydrogen-bond acceptors (Lipinski definition) is 12. The zero-order valence-corrected chi connectivity index (χ0v) is 25.4. The Labute approximate surface area is 260 Å². The van der Waals surface area contributed by atoms with Crippen molar-refractivity contribution < 1.29 is 43.2 Å². The fourth-order valence-electron chi connectivity index (χ4n) is 4.27. The van der Waals surface area contributed by atoms with Crippen molar-refractivity contribution in [3.63, 3.8) is 0 Å². The van der Waals surface area contributed by atoms with E-state index in [4.69, 9.17) is 23.7 Å². The number of carbonyl (C=O) groups is 3. The van der Waals surface area contributed by atoms with Crippen LogP contribution in [0.1, 0.15) is 32.1 Å². The van der Waals surface area contributed by atoms with Gasteiger partial charge in [-0.05, 0) is 33.6 Å². The number of esters is 2. The molecule has 3 atom stereocenters. The number of alkyl carbamates (subject to hydrolysis) is 1. The van der Waals surface area contributed by atoms with E-state index in [1.807, 2.05) is 30.3 Å². The second-order valence-corrected chi connectivity index (χ2v) is 10.4. The van der Waals surface area contributed by atoms with E-state index >= 15 is 0 Å². The third-order valence-corrected chi connectivity index (χ3v) is 6.84. The van der Waals surface area contributed by atoms with Crippen LogP contribution < -0.4 is 21.1 Å². The SMILES string of the molecule is CC(=O)OC[C@H]1O[C@@H](n2cc(Br)c(Nc3c(O)cccc3OCCNC(=O)OCc3ccccc3)nc2=O)C[C@H]1OC(C)=O. The minimum atomic E-state index is -0.860. The van der Waals surface area contributed by atoms with Crippen molar-refractivity contribution in [2.24, 2.45) is 0 Å². The summed E-state index contributed by atoms with van der Waals surface area (Å²) in [5, 5.41) is 16.0. The molecule has 15 heteroatoms. The molecule has 1 amide bonds. The van der Waals surface area contributed by atoms with Crippen molar-refractivity contribution in [1.82, 2.24) is 14.9 Å². The summed E-state index contributed by atoms with van der Waals surface area (Å²) in [5.74, 6) is -0.934. The number of halogens is 1. The summed E-state index contributed by atoms with van der Waals surface area (Å²) in [6.45, 7) is 2.62. The monoisotopic (exact) mass is 674 g/mol. The van der Waals surface area contributed by atoms with Gasteiger partial charge >= 0.3 is 23.7 Å². The highest BCUT2D eigenvalue weighted by Crippen LogP contribution is 2.37. The zero-order chi connectivity index (χ0) is 31.6.